The van der Waals surface area contributed by atoms with Crippen LogP contribution in [0.2, 0.25) is 0 Å². The van der Waals surface area contributed by atoms with E-state index < -0.39 is 6.10 Å². The molecular formula is C13H16O2. The topological polar surface area (TPSA) is 37.3 Å². The van der Waals surface area contributed by atoms with Gasteiger partial charge in [0.2, 0.25) is 0 Å². The van der Waals surface area contributed by atoms with E-state index in [9.17, 15) is 9.90 Å². The Hall–Kier alpha value is -1.41. The Labute approximate surface area is 90.3 Å². The fraction of sp³-hybridized carbons (Fsp3) is 0.308. The van der Waals surface area contributed by atoms with Crippen LogP contribution in [-0.2, 0) is 0 Å². The molecule has 0 saturated carbocycles. The van der Waals surface area contributed by atoms with Gasteiger partial charge in [-0.3, -0.25) is 4.79 Å². The zero-order valence-corrected chi connectivity index (χ0v) is 8.94. The first-order chi connectivity index (χ1) is 7.19. The van der Waals surface area contributed by atoms with Crippen molar-refractivity contribution < 1.29 is 9.90 Å². The van der Waals surface area contributed by atoms with Gasteiger partial charge in [-0.25, -0.2) is 0 Å². The van der Waals surface area contributed by atoms with E-state index in [-0.39, 0.29) is 5.78 Å². The standard InChI is InChI=1S/C13H16O2/c1-3-5-13(15)11-8-6-10(7-9-11)12(14)4-2/h3,6-9,13,15H,1,4-5H2,2H3. The molecule has 0 bridgehead atoms. The largest absolute Gasteiger partial charge is 0.388 e. The lowest BCUT2D eigenvalue weighted by molar-refractivity contribution is 0.0988. The van der Waals surface area contributed by atoms with Gasteiger partial charge < -0.3 is 5.11 Å². The number of hydrogen-bond donors (Lipinski definition) is 1. The summed E-state index contributed by atoms with van der Waals surface area (Å²) in [5.41, 5.74) is 1.52. The SMILES string of the molecule is C=CCC(O)c1ccc(C(=O)CC)cc1. The van der Waals surface area contributed by atoms with Crippen LogP contribution in [0.1, 0.15) is 41.8 Å². The van der Waals surface area contributed by atoms with Gasteiger partial charge in [0.05, 0.1) is 6.10 Å². The Kier molecular flexibility index (Phi) is 4.25. The molecule has 0 aliphatic heterocycles. The van der Waals surface area contributed by atoms with Crippen molar-refractivity contribution in [1.82, 2.24) is 0 Å². The first kappa shape index (κ1) is 11.7. The molecule has 1 aromatic carbocycles. The van der Waals surface area contributed by atoms with Gasteiger partial charge in [0, 0.05) is 12.0 Å². The van der Waals surface area contributed by atoms with Crippen molar-refractivity contribution in [3.05, 3.63) is 48.0 Å². The average Bonchev–Trinajstić information content (AvgIpc) is 2.28. The van der Waals surface area contributed by atoms with Crippen molar-refractivity contribution in [3.8, 4) is 0 Å². The second-order valence-electron chi connectivity index (χ2n) is 3.44. The highest BCUT2D eigenvalue weighted by Crippen LogP contribution is 2.17. The first-order valence-corrected chi connectivity index (χ1v) is 5.11. The minimum atomic E-state index is -0.520. The number of ketones is 1. The zero-order valence-electron chi connectivity index (χ0n) is 8.94. The summed E-state index contributed by atoms with van der Waals surface area (Å²) < 4.78 is 0. The summed E-state index contributed by atoms with van der Waals surface area (Å²) in [4.78, 5) is 11.3. The number of rotatable bonds is 5. The molecule has 0 aliphatic carbocycles. The molecule has 80 valence electrons. The number of carbonyl (C=O) groups is 1. The number of aliphatic hydroxyl groups is 1. The smallest absolute Gasteiger partial charge is 0.162 e. The van der Waals surface area contributed by atoms with Gasteiger partial charge in [0.25, 0.3) is 0 Å². The van der Waals surface area contributed by atoms with Crippen LogP contribution in [0.5, 0.6) is 0 Å². The van der Waals surface area contributed by atoms with Crippen LogP contribution in [0.25, 0.3) is 0 Å². The molecule has 0 fully saturated rings. The predicted octanol–water partition coefficient (Wildman–Crippen LogP) is 2.89. The van der Waals surface area contributed by atoms with Crippen molar-refractivity contribution in [2.45, 2.75) is 25.9 Å². The molecule has 2 nitrogen and oxygen atoms in total. The number of carbonyl (C=O) groups excluding carboxylic acids is 1. The maximum absolute atomic E-state index is 11.3. The number of aliphatic hydroxyl groups excluding tert-OH is 1. The zero-order chi connectivity index (χ0) is 11.3. The van der Waals surface area contributed by atoms with Crippen LogP contribution in [0.4, 0.5) is 0 Å². The molecule has 1 unspecified atom stereocenters. The summed E-state index contributed by atoms with van der Waals surface area (Å²) in [5, 5.41) is 9.65. The summed E-state index contributed by atoms with van der Waals surface area (Å²) in [6, 6.07) is 7.09. The lowest BCUT2D eigenvalue weighted by atomic mass is 10.0. The van der Waals surface area contributed by atoms with E-state index in [1.807, 2.05) is 6.92 Å². The molecule has 0 radical (unpaired) electrons. The maximum atomic E-state index is 11.3. The van der Waals surface area contributed by atoms with Gasteiger partial charge in [0.1, 0.15) is 0 Å². The van der Waals surface area contributed by atoms with E-state index in [0.717, 1.165) is 5.56 Å². The highest BCUT2D eigenvalue weighted by molar-refractivity contribution is 5.95. The molecule has 0 aliphatic rings. The summed E-state index contributed by atoms with van der Waals surface area (Å²) in [6.45, 7) is 5.41. The fourth-order valence-electron chi connectivity index (χ4n) is 1.39. The van der Waals surface area contributed by atoms with Crippen molar-refractivity contribution in [3.63, 3.8) is 0 Å². The second-order valence-corrected chi connectivity index (χ2v) is 3.44. The van der Waals surface area contributed by atoms with E-state index >= 15 is 0 Å². The predicted molar refractivity (Wildman–Crippen MR) is 60.8 cm³/mol. The lowest BCUT2D eigenvalue weighted by Crippen LogP contribution is -1.99. The van der Waals surface area contributed by atoms with Crippen LogP contribution in [0.15, 0.2) is 36.9 Å². The van der Waals surface area contributed by atoms with Crippen molar-refractivity contribution in [2.24, 2.45) is 0 Å². The summed E-state index contributed by atoms with van der Waals surface area (Å²) in [7, 11) is 0. The van der Waals surface area contributed by atoms with E-state index in [1.54, 1.807) is 30.3 Å². The minimum absolute atomic E-state index is 0.125. The molecular weight excluding hydrogens is 188 g/mol. The van der Waals surface area contributed by atoms with Crippen LogP contribution in [0, 0.1) is 0 Å². The van der Waals surface area contributed by atoms with Crippen LogP contribution < -0.4 is 0 Å². The monoisotopic (exact) mass is 204 g/mol. The molecule has 0 heterocycles. The summed E-state index contributed by atoms with van der Waals surface area (Å²) in [5.74, 6) is 0.125. The van der Waals surface area contributed by atoms with E-state index in [4.69, 9.17) is 0 Å². The molecule has 2 heteroatoms. The highest BCUT2D eigenvalue weighted by atomic mass is 16.3. The third kappa shape index (κ3) is 3.03. The molecule has 0 spiro atoms. The van der Waals surface area contributed by atoms with Crippen molar-refractivity contribution in [1.29, 1.82) is 0 Å². The van der Waals surface area contributed by atoms with E-state index in [2.05, 4.69) is 6.58 Å². The molecule has 0 saturated heterocycles. The Morgan fingerprint density at radius 1 is 1.47 bits per heavy atom. The van der Waals surface area contributed by atoms with E-state index in [1.165, 1.54) is 0 Å². The average molecular weight is 204 g/mol. The number of hydrogen-bond acceptors (Lipinski definition) is 2. The highest BCUT2D eigenvalue weighted by Gasteiger charge is 2.07. The second kappa shape index (κ2) is 5.47. The molecule has 1 aromatic rings. The van der Waals surface area contributed by atoms with Crippen LogP contribution >= 0.6 is 0 Å². The Morgan fingerprint density at radius 3 is 2.53 bits per heavy atom. The van der Waals surface area contributed by atoms with Gasteiger partial charge in [0.15, 0.2) is 5.78 Å². The molecule has 1 N–H and O–H groups in total. The fourth-order valence-corrected chi connectivity index (χ4v) is 1.39. The van der Waals surface area contributed by atoms with Gasteiger partial charge in [-0.1, -0.05) is 37.3 Å². The maximum Gasteiger partial charge on any atom is 0.162 e. The third-order valence-corrected chi connectivity index (χ3v) is 2.33. The van der Waals surface area contributed by atoms with Crippen molar-refractivity contribution in [2.75, 3.05) is 0 Å². The molecule has 1 atom stereocenters. The Bertz CT molecular complexity index is 338. The normalized spacial score (nSPS) is 12.1. The minimum Gasteiger partial charge on any atom is -0.388 e. The van der Waals surface area contributed by atoms with Crippen molar-refractivity contribution >= 4 is 5.78 Å². The van der Waals surface area contributed by atoms with Gasteiger partial charge in [-0.05, 0) is 12.0 Å². The van der Waals surface area contributed by atoms with E-state index in [0.29, 0.717) is 18.4 Å². The molecule has 0 amide bonds. The van der Waals surface area contributed by atoms with Gasteiger partial charge in [-0.2, -0.15) is 0 Å². The first-order valence-electron chi connectivity index (χ1n) is 5.11. The summed E-state index contributed by atoms with van der Waals surface area (Å²) >= 11 is 0. The van der Waals surface area contributed by atoms with Gasteiger partial charge in [-0.15, -0.1) is 6.58 Å². The quantitative estimate of drug-likeness (QED) is 0.591. The molecule has 1 rings (SSSR count). The van der Waals surface area contributed by atoms with Crippen LogP contribution in [0.3, 0.4) is 0 Å². The molecule has 15 heavy (non-hydrogen) atoms. The Morgan fingerprint density at radius 2 is 2.07 bits per heavy atom. The number of benzene rings is 1. The van der Waals surface area contributed by atoms with Crippen LogP contribution in [-0.4, -0.2) is 10.9 Å². The summed E-state index contributed by atoms with van der Waals surface area (Å²) in [6.07, 6.45) is 2.19. The van der Waals surface area contributed by atoms with Gasteiger partial charge >= 0.3 is 0 Å². The Balaban J connectivity index is 2.80. The number of Topliss-reactive ketones (excluding diaryl/α,β-unsaturated/α-hetero) is 1. The molecule has 0 aromatic heterocycles. The third-order valence-electron chi connectivity index (χ3n) is 2.33. The lowest BCUT2D eigenvalue weighted by Gasteiger charge is -2.08.